The number of aryl methyl sites for hydroxylation is 3. The molecule has 0 radical (unpaired) electrons. The molecular formula is C14H18N4O. The zero-order chi connectivity index (χ0) is 14.2. The molecule has 0 aliphatic rings. The second-order valence-electron chi connectivity index (χ2n) is 4.64. The van der Waals surface area contributed by atoms with E-state index in [1.165, 1.54) is 0 Å². The molecule has 0 atom stereocenters. The van der Waals surface area contributed by atoms with Crippen molar-refractivity contribution in [1.29, 1.82) is 5.41 Å². The van der Waals surface area contributed by atoms with Crippen molar-refractivity contribution in [1.82, 2.24) is 9.78 Å². The minimum Gasteiger partial charge on any atom is -0.453 e. The second-order valence-corrected chi connectivity index (χ2v) is 4.64. The maximum Gasteiger partial charge on any atom is 0.171 e. The molecule has 0 aliphatic heterocycles. The van der Waals surface area contributed by atoms with Crippen molar-refractivity contribution in [2.45, 2.75) is 20.8 Å². The van der Waals surface area contributed by atoms with Gasteiger partial charge in [0.2, 0.25) is 0 Å². The number of nitrogen functional groups attached to an aromatic ring is 1. The summed E-state index contributed by atoms with van der Waals surface area (Å²) in [6.45, 7) is 5.79. The van der Waals surface area contributed by atoms with Gasteiger partial charge in [-0.05, 0) is 32.9 Å². The summed E-state index contributed by atoms with van der Waals surface area (Å²) in [6, 6.07) is 5.61. The maximum atomic E-state index is 7.63. The highest BCUT2D eigenvalue weighted by Gasteiger charge is 2.14. The number of nitrogens with two attached hydrogens (primary N) is 1. The number of ether oxygens (including phenoxy) is 1. The van der Waals surface area contributed by atoms with Crippen LogP contribution in [-0.4, -0.2) is 15.6 Å². The normalized spacial score (nSPS) is 10.5. The third-order valence-corrected chi connectivity index (χ3v) is 3.08. The summed E-state index contributed by atoms with van der Waals surface area (Å²) < 4.78 is 7.67. The van der Waals surface area contributed by atoms with Gasteiger partial charge in [-0.2, -0.15) is 5.10 Å². The molecule has 19 heavy (non-hydrogen) atoms. The topological polar surface area (TPSA) is 76.9 Å². The molecule has 100 valence electrons. The number of nitrogens with zero attached hydrogens (tertiary/aromatic N) is 2. The Bertz CT molecular complexity index is 643. The van der Waals surface area contributed by atoms with Crippen LogP contribution in [0.1, 0.15) is 22.5 Å². The SMILES string of the molecule is Cc1ccc(Oc2c(C)nn(C)c2C)c(C(=N)N)c1. The number of amidine groups is 1. The molecule has 0 saturated heterocycles. The molecule has 2 rings (SSSR count). The van der Waals surface area contributed by atoms with Crippen molar-refractivity contribution >= 4 is 5.84 Å². The van der Waals surface area contributed by atoms with Crippen LogP contribution in [0.4, 0.5) is 0 Å². The largest absolute Gasteiger partial charge is 0.453 e. The van der Waals surface area contributed by atoms with E-state index in [-0.39, 0.29) is 5.84 Å². The van der Waals surface area contributed by atoms with E-state index in [2.05, 4.69) is 5.10 Å². The van der Waals surface area contributed by atoms with E-state index in [0.717, 1.165) is 17.0 Å². The molecule has 0 bridgehead atoms. The molecular weight excluding hydrogens is 240 g/mol. The highest BCUT2D eigenvalue weighted by Crippen LogP contribution is 2.30. The summed E-state index contributed by atoms with van der Waals surface area (Å²) >= 11 is 0. The number of rotatable bonds is 3. The van der Waals surface area contributed by atoms with Crippen molar-refractivity contribution in [3.05, 3.63) is 40.7 Å². The van der Waals surface area contributed by atoms with E-state index in [1.807, 2.05) is 46.0 Å². The molecule has 5 nitrogen and oxygen atoms in total. The van der Waals surface area contributed by atoms with E-state index < -0.39 is 0 Å². The van der Waals surface area contributed by atoms with Gasteiger partial charge in [-0.1, -0.05) is 11.6 Å². The third-order valence-electron chi connectivity index (χ3n) is 3.08. The summed E-state index contributed by atoms with van der Waals surface area (Å²) in [5.41, 5.74) is 8.99. The van der Waals surface area contributed by atoms with Gasteiger partial charge in [0.25, 0.3) is 0 Å². The monoisotopic (exact) mass is 258 g/mol. The number of hydrogen-bond acceptors (Lipinski definition) is 3. The van der Waals surface area contributed by atoms with E-state index in [4.69, 9.17) is 15.9 Å². The van der Waals surface area contributed by atoms with Crippen molar-refractivity contribution < 1.29 is 4.74 Å². The summed E-state index contributed by atoms with van der Waals surface area (Å²) in [6.07, 6.45) is 0. The van der Waals surface area contributed by atoms with Gasteiger partial charge in [0.1, 0.15) is 17.3 Å². The second kappa shape index (κ2) is 4.76. The zero-order valence-electron chi connectivity index (χ0n) is 11.6. The van der Waals surface area contributed by atoms with Gasteiger partial charge in [-0.15, -0.1) is 0 Å². The molecule has 0 saturated carbocycles. The summed E-state index contributed by atoms with van der Waals surface area (Å²) in [7, 11) is 1.87. The molecule has 5 heteroatoms. The zero-order valence-corrected chi connectivity index (χ0v) is 11.6. The van der Waals surface area contributed by atoms with Gasteiger partial charge in [0.15, 0.2) is 5.75 Å². The fourth-order valence-corrected chi connectivity index (χ4v) is 1.96. The van der Waals surface area contributed by atoms with Gasteiger partial charge >= 0.3 is 0 Å². The molecule has 0 amide bonds. The average Bonchev–Trinajstić information content (AvgIpc) is 2.57. The molecule has 1 aromatic carbocycles. The van der Waals surface area contributed by atoms with Gasteiger partial charge in [-0.3, -0.25) is 10.1 Å². The Labute approximate surface area is 112 Å². The lowest BCUT2D eigenvalue weighted by Crippen LogP contribution is -2.12. The third kappa shape index (κ3) is 2.45. The summed E-state index contributed by atoms with van der Waals surface area (Å²) in [5.74, 6) is 1.30. The summed E-state index contributed by atoms with van der Waals surface area (Å²) in [5, 5.41) is 11.9. The lowest BCUT2D eigenvalue weighted by molar-refractivity contribution is 0.473. The molecule has 3 N–H and O–H groups in total. The highest BCUT2D eigenvalue weighted by atomic mass is 16.5. The van der Waals surface area contributed by atoms with Gasteiger partial charge in [0.05, 0.1) is 11.3 Å². The lowest BCUT2D eigenvalue weighted by atomic mass is 10.1. The quantitative estimate of drug-likeness (QED) is 0.655. The number of nitrogens with one attached hydrogen (secondary N) is 1. The fraction of sp³-hybridized carbons (Fsp3) is 0.286. The van der Waals surface area contributed by atoms with Crippen LogP contribution in [0.15, 0.2) is 18.2 Å². The van der Waals surface area contributed by atoms with E-state index in [9.17, 15) is 0 Å². The van der Waals surface area contributed by atoms with Crippen LogP contribution in [0.3, 0.4) is 0 Å². The molecule has 1 aromatic heterocycles. The fourth-order valence-electron chi connectivity index (χ4n) is 1.96. The minimum atomic E-state index is -0.00195. The average molecular weight is 258 g/mol. The van der Waals surface area contributed by atoms with Crippen LogP contribution >= 0.6 is 0 Å². The van der Waals surface area contributed by atoms with Gasteiger partial charge in [-0.25, -0.2) is 0 Å². The van der Waals surface area contributed by atoms with E-state index in [0.29, 0.717) is 17.1 Å². The minimum absolute atomic E-state index is 0.00195. The van der Waals surface area contributed by atoms with Crippen molar-refractivity contribution in [3.63, 3.8) is 0 Å². The Kier molecular flexibility index (Phi) is 3.29. The van der Waals surface area contributed by atoms with Crippen molar-refractivity contribution in [2.24, 2.45) is 12.8 Å². The highest BCUT2D eigenvalue weighted by molar-refractivity contribution is 5.97. The van der Waals surface area contributed by atoms with Gasteiger partial charge < -0.3 is 10.5 Å². The first-order valence-corrected chi connectivity index (χ1v) is 6.03. The predicted molar refractivity (Wildman–Crippen MR) is 75.0 cm³/mol. The van der Waals surface area contributed by atoms with Crippen molar-refractivity contribution in [2.75, 3.05) is 0 Å². The number of benzene rings is 1. The number of hydrogen-bond donors (Lipinski definition) is 2. The Morgan fingerprint density at radius 2 is 2.00 bits per heavy atom. The van der Waals surface area contributed by atoms with Crippen LogP contribution in [-0.2, 0) is 7.05 Å². The standard InChI is InChI=1S/C14H18N4O/c1-8-5-6-12(11(7-8)14(15)16)19-13-9(2)17-18(4)10(13)3/h5-7H,1-4H3,(H3,15,16). The van der Waals surface area contributed by atoms with E-state index in [1.54, 1.807) is 4.68 Å². The van der Waals surface area contributed by atoms with Crippen molar-refractivity contribution in [3.8, 4) is 11.5 Å². The Hall–Kier alpha value is -2.30. The number of aromatic nitrogens is 2. The molecule has 0 spiro atoms. The first-order valence-electron chi connectivity index (χ1n) is 6.03. The smallest absolute Gasteiger partial charge is 0.171 e. The van der Waals surface area contributed by atoms with Crippen LogP contribution in [0, 0.1) is 26.2 Å². The van der Waals surface area contributed by atoms with Crippen LogP contribution in [0.5, 0.6) is 11.5 Å². The van der Waals surface area contributed by atoms with E-state index >= 15 is 0 Å². The van der Waals surface area contributed by atoms with Crippen LogP contribution in [0.25, 0.3) is 0 Å². The van der Waals surface area contributed by atoms with Crippen LogP contribution in [0.2, 0.25) is 0 Å². The molecule has 0 fully saturated rings. The molecule has 2 aromatic rings. The first-order chi connectivity index (χ1) is 8.90. The maximum absolute atomic E-state index is 7.63. The van der Waals surface area contributed by atoms with Crippen LogP contribution < -0.4 is 10.5 Å². The molecule has 1 heterocycles. The summed E-state index contributed by atoms with van der Waals surface area (Å²) in [4.78, 5) is 0. The molecule has 0 unspecified atom stereocenters. The Morgan fingerprint density at radius 3 is 2.53 bits per heavy atom. The predicted octanol–water partition coefficient (Wildman–Crippen LogP) is 2.42. The van der Waals surface area contributed by atoms with Gasteiger partial charge in [0, 0.05) is 7.05 Å². The lowest BCUT2D eigenvalue weighted by Gasteiger charge is -2.11. The molecule has 0 aliphatic carbocycles. The Balaban J connectivity index is 2.46. The first kappa shape index (κ1) is 13.1. The Morgan fingerprint density at radius 1 is 1.32 bits per heavy atom.